The number of amides is 1. The number of carbonyl (C=O) groups is 1. The quantitative estimate of drug-likeness (QED) is 0.296. The predicted octanol–water partition coefficient (Wildman–Crippen LogP) is 4.00. The van der Waals surface area contributed by atoms with E-state index in [0.29, 0.717) is 13.2 Å². The van der Waals surface area contributed by atoms with E-state index in [1.54, 1.807) is 23.8 Å². The van der Waals surface area contributed by atoms with Crippen molar-refractivity contribution in [1.29, 1.82) is 0 Å². The van der Waals surface area contributed by atoms with Crippen molar-refractivity contribution in [2.24, 2.45) is 0 Å². The summed E-state index contributed by atoms with van der Waals surface area (Å²) in [5.74, 6) is 1.68. The molecule has 188 valence electrons. The Kier molecular flexibility index (Phi) is 6.13. The Bertz CT molecular complexity index is 1520. The molecule has 1 fully saturated rings. The highest BCUT2D eigenvalue weighted by molar-refractivity contribution is 5.91. The molecule has 5 aromatic rings. The van der Waals surface area contributed by atoms with Crippen LogP contribution >= 0.6 is 0 Å². The number of rotatable bonds is 9. The summed E-state index contributed by atoms with van der Waals surface area (Å²) in [5, 5.41) is 9.16. The third-order valence-electron chi connectivity index (χ3n) is 7.19. The number of carbonyl (C=O) groups excluding carboxylic acids is 1. The number of aromatic nitrogens is 6. The number of H-pyrrole nitrogens is 2. The molecule has 1 aliphatic rings. The lowest BCUT2D eigenvalue weighted by atomic mass is 10.0. The average Bonchev–Trinajstić information content (AvgIpc) is 3.72. The number of nitrogens with one attached hydrogen (secondary N) is 2. The molecule has 10 heteroatoms. The van der Waals surface area contributed by atoms with Crippen molar-refractivity contribution in [3.05, 3.63) is 72.6 Å². The Morgan fingerprint density at radius 3 is 2.89 bits per heavy atom. The minimum absolute atomic E-state index is 0.144. The van der Waals surface area contributed by atoms with Gasteiger partial charge < -0.3 is 19.5 Å². The number of nitrogens with zero attached hydrogens (tertiary/aromatic N) is 6. The molecule has 6 rings (SSSR count). The van der Waals surface area contributed by atoms with Gasteiger partial charge in [0.15, 0.2) is 11.5 Å². The SMILES string of the molecule is CC(c1cc[nH]n1)N(C=O)Cc1ccc(OC[C@H]2CCCN2c2ncnc3[nH]cnc23)c2ccccc12. The van der Waals surface area contributed by atoms with Crippen molar-refractivity contribution in [2.45, 2.75) is 38.4 Å². The molecule has 10 nitrogen and oxygen atoms in total. The maximum absolute atomic E-state index is 12.0. The third-order valence-corrected chi connectivity index (χ3v) is 7.19. The van der Waals surface area contributed by atoms with E-state index in [1.807, 2.05) is 31.2 Å². The van der Waals surface area contributed by atoms with Crippen LogP contribution < -0.4 is 9.64 Å². The van der Waals surface area contributed by atoms with E-state index in [1.165, 1.54) is 0 Å². The number of fused-ring (bicyclic) bond motifs is 2. The zero-order chi connectivity index (χ0) is 25.2. The lowest BCUT2D eigenvalue weighted by molar-refractivity contribution is -0.120. The van der Waals surface area contributed by atoms with Crippen molar-refractivity contribution >= 4 is 34.2 Å². The van der Waals surface area contributed by atoms with Crippen LogP contribution in [0.3, 0.4) is 0 Å². The Morgan fingerprint density at radius 1 is 1.16 bits per heavy atom. The second-order valence-electron chi connectivity index (χ2n) is 9.32. The van der Waals surface area contributed by atoms with E-state index in [-0.39, 0.29) is 12.1 Å². The Balaban J connectivity index is 1.22. The van der Waals surface area contributed by atoms with Crippen LogP contribution in [0.25, 0.3) is 21.9 Å². The van der Waals surface area contributed by atoms with Crippen LogP contribution in [-0.2, 0) is 11.3 Å². The summed E-state index contributed by atoms with van der Waals surface area (Å²) in [6.07, 6.45) is 7.97. The molecule has 1 unspecified atom stereocenters. The molecule has 3 aromatic heterocycles. The molecule has 4 heterocycles. The van der Waals surface area contributed by atoms with Gasteiger partial charge in [-0.05, 0) is 42.8 Å². The molecular formula is C27H28N8O2. The zero-order valence-corrected chi connectivity index (χ0v) is 20.5. The molecule has 0 bridgehead atoms. The molecular weight excluding hydrogens is 468 g/mol. The van der Waals surface area contributed by atoms with Crippen molar-refractivity contribution in [3.63, 3.8) is 0 Å². The average molecular weight is 497 g/mol. The van der Waals surface area contributed by atoms with E-state index in [0.717, 1.165) is 70.6 Å². The molecule has 1 amide bonds. The standard InChI is InChI=1S/C27H28N8O2/c1-18(23-10-11-32-33-23)34(17-36)13-19-8-9-24(22-7-3-2-6-21(19)22)37-14-20-5-4-12-35(20)27-25-26(29-15-28-25)30-16-31-27/h2-3,6-11,15-18,20H,4-5,12-14H2,1H3,(H,32,33)(H,28,29,30,31)/t18?,20-/m1/s1. The summed E-state index contributed by atoms with van der Waals surface area (Å²) < 4.78 is 6.43. The Morgan fingerprint density at radius 2 is 2.05 bits per heavy atom. The van der Waals surface area contributed by atoms with Crippen LogP contribution in [0, 0.1) is 0 Å². The first-order chi connectivity index (χ1) is 18.2. The van der Waals surface area contributed by atoms with Gasteiger partial charge in [0.25, 0.3) is 0 Å². The summed E-state index contributed by atoms with van der Waals surface area (Å²) in [7, 11) is 0. The zero-order valence-electron chi connectivity index (χ0n) is 20.5. The third kappa shape index (κ3) is 4.35. The number of hydrogen-bond acceptors (Lipinski definition) is 7. The van der Waals surface area contributed by atoms with Crippen LogP contribution in [-0.4, -0.2) is 60.6 Å². The molecule has 1 saturated heterocycles. The van der Waals surface area contributed by atoms with Crippen LogP contribution in [0.15, 0.2) is 61.3 Å². The monoisotopic (exact) mass is 496 g/mol. The first-order valence-corrected chi connectivity index (χ1v) is 12.5. The molecule has 2 aromatic carbocycles. The van der Waals surface area contributed by atoms with Gasteiger partial charge in [0.2, 0.25) is 6.41 Å². The van der Waals surface area contributed by atoms with Gasteiger partial charge in [-0.25, -0.2) is 15.0 Å². The lowest BCUT2D eigenvalue weighted by Gasteiger charge is -2.26. The highest BCUT2D eigenvalue weighted by atomic mass is 16.5. The van der Waals surface area contributed by atoms with Crippen molar-refractivity contribution in [2.75, 3.05) is 18.1 Å². The van der Waals surface area contributed by atoms with Crippen LogP contribution in [0.1, 0.15) is 37.1 Å². The van der Waals surface area contributed by atoms with Crippen LogP contribution in [0.5, 0.6) is 5.75 Å². The number of hydrogen-bond donors (Lipinski definition) is 2. The number of benzene rings is 2. The molecule has 2 N–H and O–H groups in total. The van der Waals surface area contributed by atoms with Gasteiger partial charge in [0.05, 0.1) is 24.1 Å². The van der Waals surface area contributed by atoms with E-state index in [2.05, 4.69) is 53.2 Å². The molecule has 0 aliphatic carbocycles. The number of ether oxygens (including phenoxy) is 1. The molecule has 0 radical (unpaired) electrons. The van der Waals surface area contributed by atoms with E-state index in [4.69, 9.17) is 4.74 Å². The number of anilines is 1. The topological polar surface area (TPSA) is 116 Å². The smallest absolute Gasteiger partial charge is 0.210 e. The van der Waals surface area contributed by atoms with Gasteiger partial charge >= 0.3 is 0 Å². The van der Waals surface area contributed by atoms with E-state index < -0.39 is 0 Å². The summed E-state index contributed by atoms with van der Waals surface area (Å²) in [4.78, 5) is 32.3. The van der Waals surface area contributed by atoms with E-state index >= 15 is 0 Å². The second kappa shape index (κ2) is 9.88. The van der Waals surface area contributed by atoms with E-state index in [9.17, 15) is 4.79 Å². The number of aromatic amines is 2. The van der Waals surface area contributed by atoms with Gasteiger partial charge in [-0.3, -0.25) is 9.89 Å². The molecule has 0 spiro atoms. The van der Waals surface area contributed by atoms with Gasteiger partial charge in [-0.15, -0.1) is 0 Å². The largest absolute Gasteiger partial charge is 0.491 e. The summed E-state index contributed by atoms with van der Waals surface area (Å²) in [6, 6.07) is 14.2. The van der Waals surface area contributed by atoms with Crippen LogP contribution in [0.4, 0.5) is 5.82 Å². The van der Waals surface area contributed by atoms with Crippen LogP contribution in [0.2, 0.25) is 0 Å². The van der Waals surface area contributed by atoms with Crippen molar-refractivity contribution < 1.29 is 9.53 Å². The molecule has 1 aliphatic heterocycles. The van der Waals surface area contributed by atoms with Crippen molar-refractivity contribution in [3.8, 4) is 5.75 Å². The minimum Gasteiger partial charge on any atom is -0.491 e. The maximum atomic E-state index is 12.0. The normalized spacial score (nSPS) is 16.4. The maximum Gasteiger partial charge on any atom is 0.210 e. The summed E-state index contributed by atoms with van der Waals surface area (Å²) >= 11 is 0. The highest BCUT2D eigenvalue weighted by Gasteiger charge is 2.29. The first kappa shape index (κ1) is 23.0. The highest BCUT2D eigenvalue weighted by Crippen LogP contribution is 2.33. The Labute approximate surface area is 213 Å². The minimum atomic E-state index is -0.144. The van der Waals surface area contributed by atoms with Gasteiger partial charge in [-0.1, -0.05) is 30.3 Å². The fourth-order valence-corrected chi connectivity index (χ4v) is 5.17. The molecule has 2 atom stereocenters. The number of imidazole rings is 1. The van der Waals surface area contributed by atoms with Crippen molar-refractivity contribution in [1.82, 2.24) is 35.0 Å². The summed E-state index contributed by atoms with van der Waals surface area (Å²) in [6.45, 7) is 3.90. The van der Waals surface area contributed by atoms with Gasteiger partial charge in [0, 0.05) is 24.7 Å². The van der Waals surface area contributed by atoms with Gasteiger partial charge in [0.1, 0.15) is 24.2 Å². The molecule has 37 heavy (non-hydrogen) atoms. The fourth-order valence-electron chi connectivity index (χ4n) is 5.17. The fraction of sp³-hybridized carbons (Fsp3) is 0.296. The summed E-state index contributed by atoms with van der Waals surface area (Å²) in [5.41, 5.74) is 3.41. The predicted molar refractivity (Wildman–Crippen MR) is 140 cm³/mol. The lowest BCUT2D eigenvalue weighted by Crippen LogP contribution is -2.35. The first-order valence-electron chi connectivity index (χ1n) is 12.5. The van der Waals surface area contributed by atoms with Gasteiger partial charge in [-0.2, -0.15) is 5.10 Å². The Hall–Kier alpha value is -4.47. The molecule has 0 saturated carbocycles. The second-order valence-corrected chi connectivity index (χ2v) is 9.32.